The molecule has 2 aromatic heterocycles. The van der Waals surface area contributed by atoms with Gasteiger partial charge in [0.15, 0.2) is 15.0 Å². The van der Waals surface area contributed by atoms with E-state index in [1.807, 2.05) is 19.1 Å². The second-order valence-electron chi connectivity index (χ2n) is 7.28. The van der Waals surface area contributed by atoms with Crippen LogP contribution in [-0.4, -0.2) is 41.4 Å². The number of fused-ring (bicyclic) bond motifs is 1. The van der Waals surface area contributed by atoms with Crippen molar-refractivity contribution in [3.8, 4) is 0 Å². The van der Waals surface area contributed by atoms with Crippen molar-refractivity contribution in [3.63, 3.8) is 0 Å². The lowest BCUT2D eigenvalue weighted by atomic mass is 10.2. The summed E-state index contributed by atoms with van der Waals surface area (Å²) in [5.41, 5.74) is 1.60. The summed E-state index contributed by atoms with van der Waals surface area (Å²) in [4.78, 5) is 19.5. The zero-order chi connectivity index (χ0) is 22.7. The van der Waals surface area contributed by atoms with Crippen LogP contribution in [0, 0.1) is 6.92 Å². The first-order valence-electron chi connectivity index (χ1n) is 9.96. The zero-order valence-corrected chi connectivity index (χ0v) is 19.7. The van der Waals surface area contributed by atoms with Crippen molar-refractivity contribution in [3.05, 3.63) is 71.5 Å². The van der Waals surface area contributed by atoms with E-state index in [2.05, 4.69) is 10.1 Å². The van der Waals surface area contributed by atoms with Gasteiger partial charge in [0.2, 0.25) is 5.91 Å². The summed E-state index contributed by atoms with van der Waals surface area (Å²) in [6.45, 7) is 2.65. The van der Waals surface area contributed by atoms with Gasteiger partial charge >= 0.3 is 0 Å². The van der Waals surface area contributed by atoms with Crippen LogP contribution < -0.4 is 4.90 Å². The van der Waals surface area contributed by atoms with Gasteiger partial charge in [-0.3, -0.25) is 14.4 Å². The minimum atomic E-state index is -3.58. The molecule has 0 unspecified atom stereocenters. The average Bonchev–Trinajstić information content (AvgIpc) is 3.43. The van der Waals surface area contributed by atoms with E-state index in [4.69, 9.17) is 11.6 Å². The molecule has 0 bridgehead atoms. The fourth-order valence-corrected chi connectivity index (χ4v) is 5.74. The Bertz CT molecular complexity index is 1330. The van der Waals surface area contributed by atoms with Crippen LogP contribution in [0.5, 0.6) is 0 Å². The van der Waals surface area contributed by atoms with Crippen molar-refractivity contribution < 1.29 is 13.2 Å². The number of sulfone groups is 1. The van der Waals surface area contributed by atoms with Crippen LogP contribution in [0.1, 0.15) is 12.0 Å². The number of carbonyl (C=O) groups excluding carboxylic acids is 1. The molecule has 0 saturated carbocycles. The summed E-state index contributed by atoms with van der Waals surface area (Å²) in [6, 6.07) is 13.9. The number of nitrogens with zero attached hydrogens (tertiary/aromatic N) is 4. The molecule has 0 spiro atoms. The number of amides is 1. The van der Waals surface area contributed by atoms with Crippen LogP contribution >= 0.6 is 22.9 Å². The largest absolute Gasteiger partial charge is 0.286 e. The van der Waals surface area contributed by atoms with Gasteiger partial charge in [-0.1, -0.05) is 46.7 Å². The maximum Gasteiger partial charge on any atom is 0.229 e. The van der Waals surface area contributed by atoms with Gasteiger partial charge in [0.25, 0.3) is 0 Å². The van der Waals surface area contributed by atoms with E-state index >= 15 is 0 Å². The van der Waals surface area contributed by atoms with Crippen molar-refractivity contribution in [1.29, 1.82) is 0 Å². The van der Waals surface area contributed by atoms with Crippen LogP contribution in [-0.2, 0) is 21.2 Å². The molecule has 0 saturated heterocycles. The molecule has 10 heteroatoms. The highest BCUT2D eigenvalue weighted by Crippen LogP contribution is 2.33. The monoisotopic (exact) mass is 488 g/mol. The summed E-state index contributed by atoms with van der Waals surface area (Å²) in [5.74, 6) is -0.596. The Hall–Kier alpha value is -2.75. The summed E-state index contributed by atoms with van der Waals surface area (Å²) >= 11 is 7.61. The number of thiazole rings is 1. The molecule has 0 N–H and O–H groups in total. The van der Waals surface area contributed by atoms with E-state index in [0.717, 1.165) is 10.3 Å². The van der Waals surface area contributed by atoms with Crippen LogP contribution in [0.15, 0.2) is 65.8 Å². The van der Waals surface area contributed by atoms with Crippen molar-refractivity contribution >= 4 is 54.0 Å². The van der Waals surface area contributed by atoms with Gasteiger partial charge < -0.3 is 0 Å². The number of carbonyl (C=O) groups is 1. The minimum absolute atomic E-state index is 0.154. The molecule has 0 aliphatic heterocycles. The Morgan fingerprint density at radius 3 is 2.62 bits per heavy atom. The SMILES string of the molecule is Cc1ccc(S(=O)(=O)CCC(=O)N(CCn2cccn2)c2nc3c(Cl)cccc3s2)cc1. The zero-order valence-electron chi connectivity index (χ0n) is 17.3. The lowest BCUT2D eigenvalue weighted by Crippen LogP contribution is -2.35. The van der Waals surface area contributed by atoms with Gasteiger partial charge in [0.1, 0.15) is 5.52 Å². The number of aromatic nitrogens is 3. The molecular weight excluding hydrogens is 468 g/mol. The van der Waals surface area contributed by atoms with Crippen molar-refractivity contribution in [2.45, 2.75) is 24.8 Å². The van der Waals surface area contributed by atoms with Gasteiger partial charge in [-0.2, -0.15) is 5.10 Å². The molecule has 166 valence electrons. The van der Waals surface area contributed by atoms with E-state index in [-0.39, 0.29) is 23.0 Å². The summed E-state index contributed by atoms with van der Waals surface area (Å²) in [7, 11) is -3.58. The molecule has 0 radical (unpaired) electrons. The van der Waals surface area contributed by atoms with Crippen LogP contribution in [0.2, 0.25) is 5.02 Å². The van der Waals surface area contributed by atoms with E-state index < -0.39 is 9.84 Å². The maximum absolute atomic E-state index is 13.2. The summed E-state index contributed by atoms with van der Waals surface area (Å²) in [6.07, 6.45) is 3.32. The molecule has 0 fully saturated rings. The second kappa shape index (κ2) is 9.40. The fourth-order valence-electron chi connectivity index (χ4n) is 3.20. The van der Waals surface area contributed by atoms with E-state index in [1.54, 1.807) is 53.5 Å². The molecule has 2 heterocycles. The lowest BCUT2D eigenvalue weighted by molar-refractivity contribution is -0.118. The number of rotatable bonds is 8. The number of para-hydroxylation sites is 1. The van der Waals surface area contributed by atoms with E-state index in [0.29, 0.717) is 28.8 Å². The van der Waals surface area contributed by atoms with Gasteiger partial charge in [-0.05, 0) is 37.3 Å². The topological polar surface area (TPSA) is 85.2 Å². The summed E-state index contributed by atoms with van der Waals surface area (Å²) < 4.78 is 28.0. The third-order valence-electron chi connectivity index (χ3n) is 4.97. The number of hydrogen-bond acceptors (Lipinski definition) is 6. The number of hydrogen-bond donors (Lipinski definition) is 0. The molecular formula is C22H21ClN4O3S2. The van der Waals surface area contributed by atoms with Gasteiger partial charge in [-0.25, -0.2) is 13.4 Å². The Labute approximate surface area is 195 Å². The highest BCUT2D eigenvalue weighted by atomic mass is 35.5. The van der Waals surface area contributed by atoms with E-state index in [1.165, 1.54) is 16.2 Å². The minimum Gasteiger partial charge on any atom is -0.286 e. The van der Waals surface area contributed by atoms with E-state index in [9.17, 15) is 13.2 Å². The number of halogens is 1. The quantitative estimate of drug-likeness (QED) is 0.368. The number of benzene rings is 2. The van der Waals surface area contributed by atoms with Crippen molar-refractivity contribution in [1.82, 2.24) is 14.8 Å². The second-order valence-corrected chi connectivity index (χ2v) is 10.8. The molecule has 0 atom stereocenters. The first kappa shape index (κ1) is 22.4. The normalized spacial score (nSPS) is 11.7. The molecule has 4 rings (SSSR count). The molecule has 4 aromatic rings. The molecule has 2 aromatic carbocycles. The molecule has 1 amide bonds. The molecule has 0 aliphatic carbocycles. The predicted molar refractivity (Wildman–Crippen MR) is 127 cm³/mol. The van der Waals surface area contributed by atoms with Crippen molar-refractivity contribution in [2.24, 2.45) is 0 Å². The van der Waals surface area contributed by atoms with Crippen molar-refractivity contribution in [2.75, 3.05) is 17.2 Å². The maximum atomic E-state index is 13.2. The Morgan fingerprint density at radius 2 is 1.94 bits per heavy atom. The fraction of sp³-hybridized carbons (Fsp3) is 0.227. The Balaban J connectivity index is 1.56. The van der Waals surface area contributed by atoms with Gasteiger partial charge in [-0.15, -0.1) is 0 Å². The van der Waals surface area contributed by atoms with Gasteiger partial charge in [0, 0.05) is 25.4 Å². The van der Waals surface area contributed by atoms with Crippen LogP contribution in [0.3, 0.4) is 0 Å². The average molecular weight is 489 g/mol. The third-order valence-corrected chi connectivity index (χ3v) is 8.05. The molecule has 32 heavy (non-hydrogen) atoms. The Kier molecular flexibility index (Phi) is 6.59. The summed E-state index contributed by atoms with van der Waals surface area (Å²) in [5, 5.41) is 5.16. The highest BCUT2D eigenvalue weighted by molar-refractivity contribution is 7.91. The first-order chi connectivity index (χ1) is 15.3. The highest BCUT2D eigenvalue weighted by Gasteiger charge is 2.23. The lowest BCUT2D eigenvalue weighted by Gasteiger charge is -2.20. The third kappa shape index (κ3) is 5.01. The van der Waals surface area contributed by atoms with Crippen LogP contribution in [0.4, 0.5) is 5.13 Å². The smallest absolute Gasteiger partial charge is 0.229 e. The molecule has 7 nitrogen and oxygen atoms in total. The number of aryl methyl sites for hydroxylation is 1. The standard InChI is InChI=1S/C22H21ClN4O3S2/c1-16-6-8-17(9-7-16)32(29,30)15-10-20(28)27(14-13-26-12-3-11-24-26)22-25-21-18(23)4-2-5-19(21)31-22/h2-9,11-12H,10,13-15H2,1H3. The van der Waals surface area contributed by atoms with Crippen LogP contribution in [0.25, 0.3) is 10.2 Å². The Morgan fingerprint density at radius 1 is 1.16 bits per heavy atom. The molecule has 0 aliphatic rings. The number of anilines is 1. The predicted octanol–water partition coefficient (Wildman–Crippen LogP) is 4.35. The first-order valence-corrected chi connectivity index (χ1v) is 12.8. The van der Waals surface area contributed by atoms with Gasteiger partial charge in [0.05, 0.1) is 26.9 Å².